The van der Waals surface area contributed by atoms with Crippen LogP contribution in [0, 0.1) is 0 Å². The second-order valence-electron chi connectivity index (χ2n) is 7.94. The van der Waals surface area contributed by atoms with Gasteiger partial charge in [-0.2, -0.15) is 0 Å². The molecule has 0 aliphatic carbocycles. The Hall–Kier alpha value is -3.58. The Bertz CT molecular complexity index is 1210. The summed E-state index contributed by atoms with van der Waals surface area (Å²) >= 11 is 1.35. The second-order valence-corrected chi connectivity index (χ2v) is 8.96. The zero-order valence-electron chi connectivity index (χ0n) is 18.6. The number of benzene rings is 3. The van der Waals surface area contributed by atoms with Gasteiger partial charge < -0.3 is 15.1 Å². The molecule has 3 amide bonds. The quantitative estimate of drug-likeness (QED) is 0.558. The van der Waals surface area contributed by atoms with Crippen LogP contribution in [-0.4, -0.2) is 49.0 Å². The number of carbonyl (C=O) groups is 3. The van der Waals surface area contributed by atoms with Gasteiger partial charge in [0.25, 0.3) is 11.8 Å². The summed E-state index contributed by atoms with van der Waals surface area (Å²) in [5.74, 6) is -0.156. The molecule has 0 aromatic heterocycles. The number of rotatable bonds is 6. The van der Waals surface area contributed by atoms with Crippen molar-refractivity contribution in [2.75, 3.05) is 36.6 Å². The van der Waals surface area contributed by atoms with E-state index in [1.165, 1.54) is 22.2 Å². The van der Waals surface area contributed by atoms with Gasteiger partial charge in [0.15, 0.2) is 0 Å². The first-order chi connectivity index (χ1) is 15.9. The molecule has 0 unspecified atom stereocenters. The number of anilines is 2. The molecule has 4 rings (SSSR count). The monoisotopic (exact) mass is 459 g/mol. The molecule has 3 aromatic rings. The van der Waals surface area contributed by atoms with Crippen LogP contribution in [0.2, 0.25) is 0 Å². The fraction of sp³-hybridized carbons (Fsp3) is 0.192. The van der Waals surface area contributed by atoms with Gasteiger partial charge in [0.2, 0.25) is 5.91 Å². The lowest BCUT2D eigenvalue weighted by Crippen LogP contribution is -2.30. The molecule has 6 nitrogen and oxygen atoms in total. The predicted octanol–water partition coefficient (Wildman–Crippen LogP) is 4.32. The number of nitrogens with one attached hydrogen (secondary N) is 1. The number of carbonyl (C=O) groups excluding carboxylic acids is 3. The molecule has 3 aromatic carbocycles. The third kappa shape index (κ3) is 5.09. The van der Waals surface area contributed by atoms with Crippen LogP contribution in [0.5, 0.6) is 0 Å². The van der Waals surface area contributed by atoms with Crippen molar-refractivity contribution >= 4 is 40.9 Å². The predicted molar refractivity (Wildman–Crippen MR) is 132 cm³/mol. The zero-order valence-corrected chi connectivity index (χ0v) is 19.4. The minimum absolute atomic E-state index is 0.0232. The Morgan fingerprint density at radius 2 is 1.73 bits per heavy atom. The molecule has 7 heteroatoms. The number of amides is 3. The fourth-order valence-electron chi connectivity index (χ4n) is 3.78. The van der Waals surface area contributed by atoms with Crippen molar-refractivity contribution in [1.82, 2.24) is 4.90 Å². The molecule has 0 atom stereocenters. The Morgan fingerprint density at radius 1 is 0.970 bits per heavy atom. The van der Waals surface area contributed by atoms with Crippen LogP contribution in [0.25, 0.3) is 0 Å². The summed E-state index contributed by atoms with van der Waals surface area (Å²) < 4.78 is 0. The normalized spacial score (nSPS) is 12.2. The Kier molecular flexibility index (Phi) is 6.79. The van der Waals surface area contributed by atoms with Crippen LogP contribution in [-0.2, 0) is 11.2 Å². The minimum Gasteiger partial charge on any atom is -0.345 e. The molecule has 1 aliphatic heterocycles. The molecular weight excluding hydrogens is 434 g/mol. The zero-order chi connectivity index (χ0) is 23.4. The van der Waals surface area contributed by atoms with Crippen molar-refractivity contribution in [2.45, 2.75) is 11.3 Å². The molecule has 1 aliphatic rings. The average Bonchev–Trinajstić information content (AvgIpc) is 3.26. The maximum absolute atomic E-state index is 13.0. The van der Waals surface area contributed by atoms with E-state index in [-0.39, 0.29) is 23.5 Å². The van der Waals surface area contributed by atoms with Gasteiger partial charge in [-0.3, -0.25) is 14.4 Å². The molecular formula is C26H25N3O3S. The minimum atomic E-state index is -0.286. The lowest BCUT2D eigenvalue weighted by Gasteiger charge is -2.17. The van der Waals surface area contributed by atoms with Crippen LogP contribution in [0.1, 0.15) is 26.3 Å². The summed E-state index contributed by atoms with van der Waals surface area (Å²) in [6.07, 6.45) is 0.862. The van der Waals surface area contributed by atoms with Gasteiger partial charge in [-0.05, 0) is 48.4 Å². The Morgan fingerprint density at radius 3 is 2.55 bits per heavy atom. The van der Waals surface area contributed by atoms with Crippen molar-refractivity contribution < 1.29 is 14.4 Å². The maximum atomic E-state index is 13.0. The van der Waals surface area contributed by atoms with Crippen LogP contribution in [0.3, 0.4) is 0 Å². The Labute approximate surface area is 197 Å². The van der Waals surface area contributed by atoms with E-state index in [1.807, 2.05) is 35.2 Å². The molecule has 0 bridgehead atoms. The lowest BCUT2D eigenvalue weighted by atomic mass is 10.1. The van der Waals surface area contributed by atoms with Crippen molar-refractivity contribution in [1.29, 1.82) is 0 Å². The van der Waals surface area contributed by atoms with E-state index < -0.39 is 0 Å². The van der Waals surface area contributed by atoms with Gasteiger partial charge >= 0.3 is 0 Å². The SMILES string of the molecule is CN(C)C(=O)c1cccc(NC(=O)c2ccccc2SCC(=O)N2CCc3ccccc32)c1. The van der Waals surface area contributed by atoms with Gasteiger partial charge in [0.1, 0.15) is 0 Å². The van der Waals surface area contributed by atoms with E-state index in [9.17, 15) is 14.4 Å². The highest BCUT2D eigenvalue weighted by atomic mass is 32.2. The van der Waals surface area contributed by atoms with E-state index in [1.54, 1.807) is 50.5 Å². The van der Waals surface area contributed by atoms with E-state index >= 15 is 0 Å². The Balaban J connectivity index is 1.45. The molecule has 0 saturated carbocycles. The first-order valence-electron chi connectivity index (χ1n) is 10.7. The van der Waals surface area contributed by atoms with Crippen LogP contribution in [0.15, 0.2) is 77.7 Å². The van der Waals surface area contributed by atoms with E-state index in [0.29, 0.717) is 23.4 Å². The third-order valence-corrected chi connectivity index (χ3v) is 6.50. The number of hydrogen-bond donors (Lipinski definition) is 1. The van der Waals surface area contributed by atoms with E-state index in [0.717, 1.165) is 17.0 Å². The van der Waals surface area contributed by atoms with Crippen molar-refractivity contribution in [2.24, 2.45) is 0 Å². The molecule has 1 heterocycles. The molecule has 0 fully saturated rings. The number of thioether (sulfide) groups is 1. The van der Waals surface area contributed by atoms with Gasteiger partial charge in [-0.25, -0.2) is 0 Å². The summed E-state index contributed by atoms with van der Waals surface area (Å²) in [5.41, 5.74) is 3.68. The number of nitrogens with zero attached hydrogens (tertiary/aromatic N) is 2. The standard InChI is InChI=1S/C26H25N3O3S/c1-28(2)26(32)19-9-7-10-20(16-19)27-25(31)21-11-4-6-13-23(21)33-17-24(30)29-15-14-18-8-3-5-12-22(18)29/h3-13,16H,14-15,17H2,1-2H3,(H,27,31). The van der Waals surface area contributed by atoms with Crippen LogP contribution < -0.4 is 10.2 Å². The number of hydrogen-bond acceptors (Lipinski definition) is 4. The first kappa shape index (κ1) is 22.6. The molecule has 1 N–H and O–H groups in total. The molecule has 0 saturated heterocycles. The average molecular weight is 460 g/mol. The summed E-state index contributed by atoms with van der Waals surface area (Å²) in [6.45, 7) is 0.683. The summed E-state index contributed by atoms with van der Waals surface area (Å²) in [6, 6.07) is 22.0. The van der Waals surface area contributed by atoms with Crippen LogP contribution in [0.4, 0.5) is 11.4 Å². The third-order valence-electron chi connectivity index (χ3n) is 5.44. The topological polar surface area (TPSA) is 69.7 Å². The van der Waals surface area contributed by atoms with Gasteiger partial charge in [0.05, 0.1) is 11.3 Å². The highest BCUT2D eigenvalue weighted by Gasteiger charge is 2.24. The maximum Gasteiger partial charge on any atom is 0.256 e. The van der Waals surface area contributed by atoms with E-state index in [4.69, 9.17) is 0 Å². The highest BCUT2D eigenvalue weighted by Crippen LogP contribution is 2.30. The summed E-state index contributed by atoms with van der Waals surface area (Å²) in [4.78, 5) is 42.1. The molecule has 0 spiro atoms. The summed E-state index contributed by atoms with van der Waals surface area (Å²) in [7, 11) is 3.37. The van der Waals surface area contributed by atoms with Crippen molar-refractivity contribution in [3.63, 3.8) is 0 Å². The fourth-order valence-corrected chi connectivity index (χ4v) is 4.71. The largest absolute Gasteiger partial charge is 0.345 e. The van der Waals surface area contributed by atoms with Crippen molar-refractivity contribution in [3.8, 4) is 0 Å². The van der Waals surface area contributed by atoms with Gasteiger partial charge in [0, 0.05) is 42.5 Å². The second kappa shape index (κ2) is 9.92. The lowest BCUT2D eigenvalue weighted by molar-refractivity contribution is -0.116. The molecule has 0 radical (unpaired) electrons. The van der Waals surface area contributed by atoms with Gasteiger partial charge in [-0.15, -0.1) is 11.8 Å². The molecule has 168 valence electrons. The highest BCUT2D eigenvalue weighted by molar-refractivity contribution is 8.00. The van der Waals surface area contributed by atoms with E-state index in [2.05, 4.69) is 11.4 Å². The van der Waals surface area contributed by atoms with Crippen LogP contribution >= 0.6 is 11.8 Å². The van der Waals surface area contributed by atoms with Gasteiger partial charge in [-0.1, -0.05) is 36.4 Å². The first-order valence-corrected chi connectivity index (χ1v) is 11.7. The van der Waals surface area contributed by atoms with Crippen molar-refractivity contribution in [3.05, 3.63) is 89.5 Å². The number of para-hydroxylation sites is 1. The summed E-state index contributed by atoms with van der Waals surface area (Å²) in [5, 5.41) is 2.87. The number of fused-ring (bicyclic) bond motifs is 1. The molecule has 33 heavy (non-hydrogen) atoms. The smallest absolute Gasteiger partial charge is 0.256 e.